The zero-order valence-corrected chi connectivity index (χ0v) is 14.3. The molecule has 0 saturated carbocycles. The van der Waals surface area contributed by atoms with Crippen molar-refractivity contribution in [3.63, 3.8) is 0 Å². The van der Waals surface area contributed by atoms with Crippen LogP contribution in [0.15, 0.2) is 29.8 Å². The largest absolute Gasteiger partial charge is 0.466 e. The zero-order chi connectivity index (χ0) is 16.8. The summed E-state index contributed by atoms with van der Waals surface area (Å²) < 4.78 is 17.7. The van der Waals surface area contributed by atoms with Crippen molar-refractivity contribution in [3.05, 3.63) is 46.3 Å². The zero-order valence-electron chi connectivity index (χ0n) is 13.5. The quantitative estimate of drug-likeness (QED) is 0.609. The summed E-state index contributed by atoms with van der Waals surface area (Å²) in [4.78, 5) is 15.9. The van der Waals surface area contributed by atoms with Crippen LogP contribution in [-0.2, 0) is 16.1 Å². The van der Waals surface area contributed by atoms with Crippen LogP contribution in [0.4, 0.5) is 4.39 Å². The van der Waals surface area contributed by atoms with Gasteiger partial charge < -0.3 is 4.74 Å². The highest BCUT2D eigenvalue weighted by Gasteiger charge is 2.17. The topological polar surface area (TPSA) is 32.8 Å². The normalized spacial score (nSPS) is 17.3. The van der Waals surface area contributed by atoms with E-state index in [1.165, 1.54) is 19.2 Å². The maximum Gasteiger partial charge on any atom is 0.333 e. The molecule has 0 atom stereocenters. The molecular formula is C17H22ClFN2O2. The standard InChI is InChI=1S/C17H22ClFN2O2/c1-13(17(22)23-2)5-6-20-7-9-21(10-8-20)12-14-3-4-15(19)11-16(14)18/h3-5,11H,6-10,12H2,1-2H3/b13-5+. The van der Waals surface area contributed by atoms with E-state index in [1.807, 2.05) is 6.08 Å². The lowest BCUT2D eigenvalue weighted by molar-refractivity contribution is -0.136. The monoisotopic (exact) mass is 340 g/mol. The minimum Gasteiger partial charge on any atom is -0.466 e. The van der Waals surface area contributed by atoms with Crippen LogP contribution in [-0.4, -0.2) is 55.6 Å². The van der Waals surface area contributed by atoms with E-state index < -0.39 is 0 Å². The maximum atomic E-state index is 13.1. The fraction of sp³-hybridized carbons (Fsp3) is 0.471. The molecule has 0 bridgehead atoms. The van der Waals surface area contributed by atoms with Crippen molar-refractivity contribution in [1.29, 1.82) is 0 Å². The predicted octanol–water partition coefficient (Wildman–Crippen LogP) is 2.72. The summed E-state index contributed by atoms with van der Waals surface area (Å²) in [5.41, 5.74) is 1.58. The van der Waals surface area contributed by atoms with E-state index in [4.69, 9.17) is 11.6 Å². The molecule has 1 aromatic rings. The van der Waals surface area contributed by atoms with Gasteiger partial charge in [0.15, 0.2) is 0 Å². The molecule has 1 aliphatic heterocycles. The van der Waals surface area contributed by atoms with Gasteiger partial charge in [0.2, 0.25) is 0 Å². The second kappa shape index (κ2) is 8.43. The third-order valence-corrected chi connectivity index (χ3v) is 4.39. The minimum absolute atomic E-state index is 0.283. The van der Waals surface area contributed by atoms with Crippen LogP contribution in [0.5, 0.6) is 0 Å². The average molecular weight is 341 g/mol. The summed E-state index contributed by atoms with van der Waals surface area (Å²) in [6, 6.07) is 4.54. The van der Waals surface area contributed by atoms with Crippen LogP contribution in [0.1, 0.15) is 12.5 Å². The van der Waals surface area contributed by atoms with Crippen molar-refractivity contribution in [2.75, 3.05) is 39.8 Å². The molecule has 2 rings (SSSR count). The van der Waals surface area contributed by atoms with E-state index in [2.05, 4.69) is 14.5 Å². The van der Waals surface area contributed by atoms with E-state index in [9.17, 15) is 9.18 Å². The van der Waals surface area contributed by atoms with Crippen molar-refractivity contribution in [2.24, 2.45) is 0 Å². The summed E-state index contributed by atoms with van der Waals surface area (Å²) in [7, 11) is 1.39. The number of methoxy groups -OCH3 is 1. The number of piperazine rings is 1. The first-order chi connectivity index (χ1) is 11.0. The summed E-state index contributed by atoms with van der Waals surface area (Å²) in [6.07, 6.45) is 1.90. The molecule has 126 valence electrons. The summed E-state index contributed by atoms with van der Waals surface area (Å²) in [5, 5.41) is 0.476. The lowest BCUT2D eigenvalue weighted by Crippen LogP contribution is -2.45. The summed E-state index contributed by atoms with van der Waals surface area (Å²) in [5.74, 6) is -0.592. The van der Waals surface area contributed by atoms with Crippen molar-refractivity contribution in [2.45, 2.75) is 13.5 Å². The lowest BCUT2D eigenvalue weighted by Gasteiger charge is -2.34. The van der Waals surface area contributed by atoms with Gasteiger partial charge in [0.1, 0.15) is 5.82 Å². The molecule has 23 heavy (non-hydrogen) atoms. The molecule has 0 N–H and O–H groups in total. The van der Waals surface area contributed by atoms with Gasteiger partial charge in [0, 0.05) is 49.9 Å². The average Bonchev–Trinajstić information content (AvgIpc) is 2.55. The fourth-order valence-electron chi connectivity index (χ4n) is 2.53. The molecule has 0 unspecified atom stereocenters. The summed E-state index contributed by atoms with van der Waals surface area (Å²) >= 11 is 6.08. The maximum absolute atomic E-state index is 13.1. The molecular weight excluding hydrogens is 319 g/mol. The van der Waals surface area contributed by atoms with Gasteiger partial charge in [0.05, 0.1) is 7.11 Å². The molecule has 1 heterocycles. The van der Waals surface area contributed by atoms with Gasteiger partial charge in [-0.1, -0.05) is 23.7 Å². The summed E-state index contributed by atoms with van der Waals surface area (Å²) in [6.45, 7) is 6.90. The van der Waals surface area contributed by atoms with Crippen LogP contribution in [0.2, 0.25) is 5.02 Å². The molecule has 0 radical (unpaired) electrons. The highest BCUT2D eigenvalue weighted by atomic mass is 35.5. The smallest absolute Gasteiger partial charge is 0.333 e. The number of rotatable bonds is 5. The first kappa shape index (κ1) is 17.9. The molecule has 1 aliphatic rings. The van der Waals surface area contributed by atoms with Gasteiger partial charge in [-0.15, -0.1) is 0 Å². The van der Waals surface area contributed by atoms with E-state index >= 15 is 0 Å². The van der Waals surface area contributed by atoms with Crippen LogP contribution in [0.25, 0.3) is 0 Å². The van der Waals surface area contributed by atoms with E-state index in [1.54, 1.807) is 13.0 Å². The lowest BCUT2D eigenvalue weighted by atomic mass is 10.2. The number of carbonyl (C=O) groups excluding carboxylic acids is 1. The minimum atomic E-state index is -0.309. The molecule has 1 saturated heterocycles. The second-order valence-electron chi connectivity index (χ2n) is 5.69. The number of carbonyl (C=O) groups is 1. The van der Waals surface area contributed by atoms with Gasteiger partial charge >= 0.3 is 5.97 Å². The second-order valence-corrected chi connectivity index (χ2v) is 6.10. The Balaban J connectivity index is 1.81. The number of ether oxygens (including phenoxy) is 1. The van der Waals surface area contributed by atoms with Gasteiger partial charge in [-0.05, 0) is 24.6 Å². The molecule has 0 aromatic heterocycles. The first-order valence-electron chi connectivity index (χ1n) is 7.63. The molecule has 0 amide bonds. The third kappa shape index (κ3) is 5.30. The van der Waals surface area contributed by atoms with Crippen LogP contribution in [0, 0.1) is 5.82 Å². The van der Waals surface area contributed by atoms with Crippen molar-refractivity contribution < 1.29 is 13.9 Å². The van der Waals surface area contributed by atoms with Crippen LogP contribution < -0.4 is 0 Å². The molecule has 0 aliphatic carbocycles. The number of esters is 1. The fourth-order valence-corrected chi connectivity index (χ4v) is 2.76. The Morgan fingerprint density at radius 2 is 1.96 bits per heavy atom. The Bertz CT molecular complexity index is 584. The van der Waals surface area contributed by atoms with Gasteiger partial charge in [0.25, 0.3) is 0 Å². The van der Waals surface area contributed by atoms with Crippen molar-refractivity contribution in [3.8, 4) is 0 Å². The highest BCUT2D eigenvalue weighted by Crippen LogP contribution is 2.19. The number of nitrogens with zero attached hydrogens (tertiary/aromatic N) is 2. The molecule has 1 fully saturated rings. The van der Waals surface area contributed by atoms with Gasteiger partial charge in [-0.25, -0.2) is 9.18 Å². The number of hydrogen-bond acceptors (Lipinski definition) is 4. The first-order valence-corrected chi connectivity index (χ1v) is 8.01. The Morgan fingerprint density at radius 1 is 1.30 bits per heavy atom. The van der Waals surface area contributed by atoms with E-state index in [0.717, 1.165) is 44.8 Å². The van der Waals surface area contributed by atoms with Crippen molar-refractivity contribution >= 4 is 17.6 Å². The number of halogens is 2. The Labute approximate surface area is 141 Å². The van der Waals surface area contributed by atoms with E-state index in [-0.39, 0.29) is 11.8 Å². The number of hydrogen-bond donors (Lipinski definition) is 0. The van der Waals surface area contributed by atoms with E-state index in [0.29, 0.717) is 10.6 Å². The predicted molar refractivity (Wildman–Crippen MR) is 88.9 cm³/mol. The molecule has 0 spiro atoms. The molecule has 6 heteroatoms. The molecule has 1 aromatic carbocycles. The SMILES string of the molecule is COC(=O)/C(C)=C/CN1CCN(Cc2ccc(F)cc2Cl)CC1. The van der Waals surface area contributed by atoms with Gasteiger partial charge in [-0.2, -0.15) is 0 Å². The van der Waals surface area contributed by atoms with Crippen LogP contribution >= 0.6 is 11.6 Å². The van der Waals surface area contributed by atoms with Crippen molar-refractivity contribution in [1.82, 2.24) is 9.80 Å². The van der Waals surface area contributed by atoms with Gasteiger partial charge in [-0.3, -0.25) is 9.80 Å². The Hall–Kier alpha value is -1.43. The highest BCUT2D eigenvalue weighted by molar-refractivity contribution is 6.31. The van der Waals surface area contributed by atoms with Crippen LogP contribution in [0.3, 0.4) is 0 Å². The third-order valence-electron chi connectivity index (χ3n) is 4.04. The Morgan fingerprint density at radius 3 is 2.57 bits per heavy atom. The number of benzene rings is 1. The molecule has 4 nitrogen and oxygen atoms in total. The Kier molecular flexibility index (Phi) is 6.57.